The number of aliphatic hydroxyl groups is 2. The third-order valence-corrected chi connectivity index (χ3v) is 4.15. The predicted octanol–water partition coefficient (Wildman–Crippen LogP) is 3.54. The highest BCUT2D eigenvalue weighted by molar-refractivity contribution is 5.99. The van der Waals surface area contributed by atoms with Crippen molar-refractivity contribution >= 4 is 11.6 Å². The Morgan fingerprint density at radius 1 is 0.870 bits per heavy atom. The fourth-order valence-corrected chi connectivity index (χ4v) is 2.11. The van der Waals surface area contributed by atoms with Crippen molar-refractivity contribution in [2.45, 2.75) is 71.0 Å². The molecule has 1 aromatic rings. The second kappa shape index (κ2) is 7.84. The van der Waals surface area contributed by atoms with Gasteiger partial charge in [0, 0.05) is 24.0 Å². The molecule has 0 aromatic heterocycles. The normalized spacial score (nSPS) is 14.3. The average molecular weight is 320 g/mol. The lowest BCUT2D eigenvalue weighted by Gasteiger charge is -2.20. The molecule has 1 unspecified atom stereocenters. The summed E-state index contributed by atoms with van der Waals surface area (Å²) in [6.45, 7) is 6.96. The van der Waals surface area contributed by atoms with Crippen molar-refractivity contribution in [3.05, 3.63) is 35.4 Å². The van der Waals surface area contributed by atoms with E-state index in [1.807, 2.05) is 6.92 Å². The number of benzene rings is 1. The van der Waals surface area contributed by atoms with E-state index in [4.69, 9.17) is 0 Å². The van der Waals surface area contributed by atoms with Crippen molar-refractivity contribution in [3.8, 4) is 0 Å². The Labute approximate surface area is 138 Å². The van der Waals surface area contributed by atoms with Crippen LogP contribution in [0.4, 0.5) is 0 Å². The van der Waals surface area contributed by atoms with Gasteiger partial charge in [0.15, 0.2) is 11.6 Å². The molecule has 1 aromatic carbocycles. The van der Waals surface area contributed by atoms with Gasteiger partial charge in [-0.05, 0) is 40.0 Å². The number of hydrogen-bond acceptors (Lipinski definition) is 4. The summed E-state index contributed by atoms with van der Waals surface area (Å²) in [7, 11) is 0. The summed E-state index contributed by atoms with van der Waals surface area (Å²) in [6.07, 6.45) is 1.99. The molecule has 4 nitrogen and oxygen atoms in total. The van der Waals surface area contributed by atoms with Crippen LogP contribution in [0.1, 0.15) is 80.5 Å². The minimum atomic E-state index is -0.859. The maximum atomic E-state index is 12.1. The van der Waals surface area contributed by atoms with Crippen LogP contribution in [0, 0.1) is 0 Å². The van der Waals surface area contributed by atoms with Gasteiger partial charge < -0.3 is 10.2 Å². The zero-order chi connectivity index (χ0) is 17.7. The van der Waals surface area contributed by atoms with E-state index >= 15 is 0 Å². The molecule has 0 heterocycles. The number of Topliss-reactive ketones (excluding diaryl/α,β-unsaturated/α-hetero) is 2. The predicted molar refractivity (Wildman–Crippen MR) is 90.8 cm³/mol. The first-order chi connectivity index (χ1) is 10.5. The number of rotatable bonds is 9. The maximum Gasteiger partial charge on any atom is 0.162 e. The van der Waals surface area contributed by atoms with Crippen molar-refractivity contribution in [2.24, 2.45) is 0 Å². The first-order valence-corrected chi connectivity index (χ1v) is 8.15. The highest BCUT2D eigenvalue weighted by atomic mass is 16.3. The lowest BCUT2D eigenvalue weighted by Crippen LogP contribution is -2.23. The van der Waals surface area contributed by atoms with Gasteiger partial charge in [-0.3, -0.25) is 9.59 Å². The Morgan fingerprint density at radius 3 is 1.61 bits per heavy atom. The SMILES string of the molecule is CCC(C)(O)CCC(=O)c1ccc(C(=O)CCC(C)(C)O)cc1. The lowest BCUT2D eigenvalue weighted by molar-refractivity contribution is 0.0432. The van der Waals surface area contributed by atoms with Crippen LogP contribution in [0.3, 0.4) is 0 Å². The second-order valence-electron chi connectivity index (χ2n) is 7.09. The molecule has 0 saturated carbocycles. The maximum absolute atomic E-state index is 12.1. The number of carbonyl (C=O) groups is 2. The van der Waals surface area contributed by atoms with Crippen molar-refractivity contribution < 1.29 is 19.8 Å². The molecule has 0 radical (unpaired) electrons. The monoisotopic (exact) mass is 320 g/mol. The Hall–Kier alpha value is -1.52. The molecule has 23 heavy (non-hydrogen) atoms. The molecule has 0 aliphatic carbocycles. The summed E-state index contributed by atoms with van der Waals surface area (Å²) in [6, 6.07) is 6.61. The van der Waals surface area contributed by atoms with Gasteiger partial charge in [0.05, 0.1) is 11.2 Å². The molecule has 128 valence electrons. The van der Waals surface area contributed by atoms with Gasteiger partial charge in [-0.2, -0.15) is 0 Å². The first-order valence-electron chi connectivity index (χ1n) is 8.15. The van der Waals surface area contributed by atoms with Crippen LogP contribution < -0.4 is 0 Å². The molecule has 0 aliphatic rings. The standard InChI is InChI=1S/C19H28O4/c1-5-19(4,23)13-11-17(21)15-8-6-14(7-9-15)16(20)10-12-18(2,3)22/h6-9,22-23H,5,10-13H2,1-4H3. The lowest BCUT2D eigenvalue weighted by atomic mass is 9.93. The van der Waals surface area contributed by atoms with Gasteiger partial charge in [0.25, 0.3) is 0 Å². The van der Waals surface area contributed by atoms with Crippen LogP contribution in [-0.2, 0) is 0 Å². The summed E-state index contributed by atoms with van der Waals surface area (Å²) in [4.78, 5) is 24.2. The Balaban J connectivity index is 2.62. The summed E-state index contributed by atoms with van der Waals surface area (Å²) in [5, 5.41) is 19.6. The quantitative estimate of drug-likeness (QED) is 0.682. The van der Waals surface area contributed by atoms with Gasteiger partial charge in [0.2, 0.25) is 0 Å². The van der Waals surface area contributed by atoms with E-state index in [0.29, 0.717) is 30.4 Å². The minimum Gasteiger partial charge on any atom is -0.390 e. The van der Waals surface area contributed by atoms with Gasteiger partial charge in [-0.15, -0.1) is 0 Å². The topological polar surface area (TPSA) is 74.6 Å². The van der Waals surface area contributed by atoms with E-state index in [2.05, 4.69) is 0 Å². The first kappa shape index (κ1) is 19.5. The molecule has 4 heteroatoms. The van der Waals surface area contributed by atoms with E-state index in [9.17, 15) is 19.8 Å². The van der Waals surface area contributed by atoms with Crippen LogP contribution in [0.25, 0.3) is 0 Å². The van der Waals surface area contributed by atoms with Crippen LogP contribution in [0.5, 0.6) is 0 Å². The van der Waals surface area contributed by atoms with E-state index < -0.39 is 11.2 Å². The minimum absolute atomic E-state index is 0.0331. The van der Waals surface area contributed by atoms with Crippen LogP contribution in [-0.4, -0.2) is 33.0 Å². The zero-order valence-electron chi connectivity index (χ0n) is 14.6. The third-order valence-electron chi connectivity index (χ3n) is 4.15. The van der Waals surface area contributed by atoms with Crippen molar-refractivity contribution in [1.82, 2.24) is 0 Å². The second-order valence-corrected chi connectivity index (χ2v) is 7.09. The van der Waals surface area contributed by atoms with Crippen molar-refractivity contribution in [3.63, 3.8) is 0 Å². The van der Waals surface area contributed by atoms with Crippen molar-refractivity contribution in [2.75, 3.05) is 0 Å². The smallest absolute Gasteiger partial charge is 0.162 e. The summed E-state index contributed by atoms with van der Waals surface area (Å²) in [5.74, 6) is -0.0748. The molecule has 0 amide bonds. The Bertz CT molecular complexity index is 535. The van der Waals surface area contributed by atoms with Crippen molar-refractivity contribution in [1.29, 1.82) is 0 Å². The zero-order valence-corrected chi connectivity index (χ0v) is 14.6. The molecular weight excluding hydrogens is 292 g/mol. The molecule has 1 atom stereocenters. The van der Waals surface area contributed by atoms with E-state index in [1.54, 1.807) is 45.0 Å². The highest BCUT2D eigenvalue weighted by Gasteiger charge is 2.20. The molecule has 2 N–H and O–H groups in total. The molecule has 0 bridgehead atoms. The third kappa shape index (κ3) is 7.06. The average Bonchev–Trinajstić information content (AvgIpc) is 2.50. The van der Waals surface area contributed by atoms with Crippen LogP contribution in [0.2, 0.25) is 0 Å². The van der Waals surface area contributed by atoms with Gasteiger partial charge in [0.1, 0.15) is 0 Å². The van der Waals surface area contributed by atoms with Gasteiger partial charge in [-0.25, -0.2) is 0 Å². The van der Waals surface area contributed by atoms with Crippen LogP contribution in [0.15, 0.2) is 24.3 Å². The Kier molecular flexibility index (Phi) is 6.66. The highest BCUT2D eigenvalue weighted by Crippen LogP contribution is 2.19. The molecule has 0 fully saturated rings. The fourth-order valence-electron chi connectivity index (χ4n) is 2.11. The molecule has 1 rings (SSSR count). The van der Waals surface area contributed by atoms with E-state index in [-0.39, 0.29) is 24.4 Å². The van der Waals surface area contributed by atoms with Gasteiger partial charge >= 0.3 is 0 Å². The van der Waals surface area contributed by atoms with E-state index in [0.717, 1.165) is 0 Å². The molecule has 0 saturated heterocycles. The van der Waals surface area contributed by atoms with Gasteiger partial charge in [-0.1, -0.05) is 31.2 Å². The van der Waals surface area contributed by atoms with Crippen LogP contribution >= 0.6 is 0 Å². The van der Waals surface area contributed by atoms with E-state index in [1.165, 1.54) is 0 Å². The molecule has 0 spiro atoms. The summed E-state index contributed by atoms with van der Waals surface area (Å²) < 4.78 is 0. The summed E-state index contributed by atoms with van der Waals surface area (Å²) >= 11 is 0. The fraction of sp³-hybridized carbons (Fsp3) is 0.579. The number of carbonyl (C=O) groups excluding carboxylic acids is 2. The summed E-state index contributed by atoms with van der Waals surface area (Å²) in [5.41, 5.74) is -0.577. The Morgan fingerprint density at radius 2 is 1.26 bits per heavy atom. The number of hydrogen-bond donors (Lipinski definition) is 2. The number of ketones is 2. The largest absolute Gasteiger partial charge is 0.390 e. The molecule has 0 aliphatic heterocycles. The molecular formula is C19H28O4.